The van der Waals surface area contributed by atoms with Gasteiger partial charge in [-0.05, 0) is 11.5 Å². The summed E-state index contributed by atoms with van der Waals surface area (Å²) >= 11 is 0. The second-order valence-corrected chi connectivity index (χ2v) is 8.46. The zero-order valence-electron chi connectivity index (χ0n) is 19.8. The number of hydrogen-bond acceptors (Lipinski definition) is 7. The first-order valence-electron chi connectivity index (χ1n) is 11.1. The Hall–Kier alpha value is -4.02. The number of hydrogen-bond donors (Lipinski definition) is 4. The van der Waals surface area contributed by atoms with Gasteiger partial charge in [-0.2, -0.15) is 0 Å². The van der Waals surface area contributed by atoms with Gasteiger partial charge in [0, 0.05) is 24.7 Å². The molecule has 35 heavy (non-hydrogen) atoms. The molecule has 4 N–H and O–H groups in total. The number of H-pyrrole nitrogens is 1. The lowest BCUT2D eigenvalue weighted by molar-refractivity contribution is -0.137. The molecule has 188 valence electrons. The maximum Gasteiger partial charge on any atom is 0.408 e. The molecule has 0 spiro atoms. The van der Waals surface area contributed by atoms with Crippen molar-refractivity contribution in [1.82, 2.24) is 20.6 Å². The fourth-order valence-corrected chi connectivity index (χ4v) is 3.30. The van der Waals surface area contributed by atoms with Crippen LogP contribution in [0.4, 0.5) is 4.79 Å². The summed E-state index contributed by atoms with van der Waals surface area (Å²) in [7, 11) is 0. The van der Waals surface area contributed by atoms with Crippen LogP contribution in [-0.4, -0.2) is 56.7 Å². The molecule has 2 rings (SSSR count). The average Bonchev–Trinajstić information content (AvgIpc) is 3.35. The van der Waals surface area contributed by atoms with Crippen LogP contribution in [0.2, 0.25) is 0 Å². The number of aliphatic carboxylic acids is 1. The fourth-order valence-electron chi connectivity index (χ4n) is 3.30. The van der Waals surface area contributed by atoms with Crippen molar-refractivity contribution in [3.63, 3.8) is 0 Å². The summed E-state index contributed by atoms with van der Waals surface area (Å²) in [6.45, 7) is 5.01. The number of alkyl carbamates (subject to hydrolysis) is 1. The molecule has 3 atom stereocenters. The van der Waals surface area contributed by atoms with Crippen molar-refractivity contribution in [3.8, 4) is 0 Å². The summed E-state index contributed by atoms with van der Waals surface area (Å²) in [5.41, 5.74) is 0.792. The summed E-state index contributed by atoms with van der Waals surface area (Å²) in [4.78, 5) is 67.8. The molecular formula is C24H30N4O7. The Kier molecular flexibility index (Phi) is 10.1. The number of rotatable bonds is 13. The Balaban J connectivity index is 1.95. The molecule has 0 aliphatic heterocycles. The summed E-state index contributed by atoms with van der Waals surface area (Å²) in [6, 6.07) is 6.81. The maximum absolute atomic E-state index is 12.9. The van der Waals surface area contributed by atoms with Crippen molar-refractivity contribution in [3.05, 3.63) is 54.1 Å². The normalized spacial score (nSPS) is 13.4. The number of aromatic amines is 1. The third kappa shape index (κ3) is 8.69. The van der Waals surface area contributed by atoms with Gasteiger partial charge in [-0.25, -0.2) is 9.78 Å². The predicted molar refractivity (Wildman–Crippen MR) is 124 cm³/mol. The van der Waals surface area contributed by atoms with Crippen molar-refractivity contribution in [2.45, 2.75) is 52.3 Å². The molecule has 1 heterocycles. The molecule has 1 aromatic heterocycles. The van der Waals surface area contributed by atoms with E-state index in [0.717, 1.165) is 5.56 Å². The maximum atomic E-state index is 12.9. The molecule has 0 radical (unpaired) electrons. The Morgan fingerprint density at radius 3 is 2.29 bits per heavy atom. The van der Waals surface area contributed by atoms with Gasteiger partial charge in [-0.15, -0.1) is 0 Å². The van der Waals surface area contributed by atoms with E-state index in [1.807, 2.05) is 18.2 Å². The molecule has 0 saturated carbocycles. The number of carboxylic acid groups (broad SMARTS) is 1. The molecule has 0 fully saturated rings. The lowest BCUT2D eigenvalue weighted by Crippen LogP contribution is -2.47. The van der Waals surface area contributed by atoms with Crippen LogP contribution < -0.4 is 10.6 Å². The molecule has 1 unspecified atom stereocenters. The van der Waals surface area contributed by atoms with Gasteiger partial charge in [0.25, 0.3) is 0 Å². The van der Waals surface area contributed by atoms with Crippen molar-refractivity contribution < 1.29 is 33.8 Å². The highest BCUT2D eigenvalue weighted by Gasteiger charge is 2.31. The van der Waals surface area contributed by atoms with Crippen molar-refractivity contribution >= 4 is 29.5 Å². The number of carbonyl (C=O) groups is 5. The van der Waals surface area contributed by atoms with Gasteiger partial charge in [0.2, 0.25) is 11.7 Å². The molecule has 0 bridgehead atoms. The number of aromatic nitrogens is 2. The number of amides is 2. The number of ether oxygens (including phenoxy) is 1. The van der Waals surface area contributed by atoms with E-state index < -0.39 is 54.0 Å². The van der Waals surface area contributed by atoms with E-state index in [1.165, 1.54) is 19.3 Å². The Bertz CT molecular complexity index is 1020. The van der Waals surface area contributed by atoms with E-state index in [4.69, 9.17) is 9.84 Å². The third-order valence-electron chi connectivity index (χ3n) is 5.20. The van der Waals surface area contributed by atoms with Crippen LogP contribution >= 0.6 is 0 Å². The lowest BCUT2D eigenvalue weighted by Gasteiger charge is -2.23. The van der Waals surface area contributed by atoms with Gasteiger partial charge in [-0.1, -0.05) is 51.1 Å². The molecular weight excluding hydrogens is 456 g/mol. The minimum atomic E-state index is -1.35. The van der Waals surface area contributed by atoms with Crippen molar-refractivity contribution in [1.29, 1.82) is 0 Å². The standard InChI is InChI=1S/C24H30N4O7/c1-14(2)20(28-24(34)35-13-16-7-5-4-6-8-16)18(29)11-15(3)23(33)27-17(12-19(30)31)21(32)22-25-9-10-26-22/h4-10,14-15,17,20H,11-13H2,1-3H3,(H,25,26)(H,27,33)(H,28,34)(H,30,31)/t15-,17?,20+/m1/s1. The minimum Gasteiger partial charge on any atom is -0.481 e. The molecule has 0 aliphatic carbocycles. The van der Waals surface area contributed by atoms with Crippen LogP contribution in [0.1, 0.15) is 49.8 Å². The zero-order chi connectivity index (χ0) is 26.0. The topological polar surface area (TPSA) is 168 Å². The van der Waals surface area contributed by atoms with Crippen LogP contribution in [-0.2, 0) is 25.7 Å². The van der Waals surface area contributed by atoms with Gasteiger partial charge in [0.05, 0.1) is 12.5 Å². The largest absolute Gasteiger partial charge is 0.481 e. The second kappa shape index (κ2) is 13.0. The molecule has 11 nitrogen and oxygen atoms in total. The number of carbonyl (C=O) groups excluding carboxylic acids is 4. The van der Waals surface area contributed by atoms with Gasteiger partial charge in [0.1, 0.15) is 12.6 Å². The first-order chi connectivity index (χ1) is 16.6. The SMILES string of the molecule is CC(C)[C@H](NC(=O)OCc1ccccc1)C(=O)C[C@@H](C)C(=O)NC(CC(=O)O)C(=O)c1ncc[nH]1. The summed E-state index contributed by atoms with van der Waals surface area (Å²) < 4.78 is 5.18. The van der Waals surface area contributed by atoms with E-state index in [1.54, 1.807) is 26.0 Å². The molecule has 0 saturated heterocycles. The van der Waals surface area contributed by atoms with Gasteiger partial charge >= 0.3 is 12.1 Å². The Labute approximate surface area is 202 Å². The minimum absolute atomic E-state index is 0.0408. The highest BCUT2D eigenvalue weighted by atomic mass is 16.5. The van der Waals surface area contributed by atoms with E-state index >= 15 is 0 Å². The first-order valence-corrected chi connectivity index (χ1v) is 11.1. The average molecular weight is 487 g/mol. The zero-order valence-corrected chi connectivity index (χ0v) is 19.8. The second-order valence-electron chi connectivity index (χ2n) is 8.46. The van der Waals surface area contributed by atoms with Crippen molar-refractivity contribution in [2.75, 3.05) is 0 Å². The molecule has 2 aromatic rings. The van der Waals surface area contributed by atoms with Crippen LogP contribution in [0.15, 0.2) is 42.7 Å². The number of ketones is 2. The summed E-state index contributed by atoms with van der Waals surface area (Å²) in [5.74, 6) is -4.28. The molecule has 1 aromatic carbocycles. The molecule has 0 aliphatic rings. The van der Waals surface area contributed by atoms with E-state index in [-0.39, 0.29) is 24.8 Å². The molecule has 2 amide bonds. The highest BCUT2D eigenvalue weighted by molar-refractivity contribution is 6.01. The first kappa shape index (κ1) is 27.2. The highest BCUT2D eigenvalue weighted by Crippen LogP contribution is 2.13. The number of nitrogens with zero attached hydrogens (tertiary/aromatic N) is 1. The Morgan fingerprint density at radius 2 is 1.71 bits per heavy atom. The number of nitrogens with one attached hydrogen (secondary N) is 3. The van der Waals surface area contributed by atoms with Crippen molar-refractivity contribution in [2.24, 2.45) is 11.8 Å². The van der Waals surface area contributed by atoms with Crippen LogP contribution in [0, 0.1) is 11.8 Å². The lowest BCUT2D eigenvalue weighted by atomic mass is 9.92. The molecule has 11 heteroatoms. The third-order valence-corrected chi connectivity index (χ3v) is 5.20. The number of benzene rings is 1. The Morgan fingerprint density at radius 1 is 1.03 bits per heavy atom. The summed E-state index contributed by atoms with van der Waals surface area (Å²) in [6.07, 6.45) is 1.09. The summed E-state index contributed by atoms with van der Waals surface area (Å²) in [5, 5.41) is 14.1. The van der Waals surface area contributed by atoms with E-state index in [9.17, 15) is 24.0 Å². The van der Waals surface area contributed by atoms with Crippen LogP contribution in [0.3, 0.4) is 0 Å². The van der Waals surface area contributed by atoms with E-state index in [2.05, 4.69) is 20.6 Å². The van der Waals surface area contributed by atoms with E-state index in [0.29, 0.717) is 0 Å². The van der Waals surface area contributed by atoms with Crippen LogP contribution in [0.5, 0.6) is 0 Å². The quantitative estimate of drug-likeness (QED) is 0.312. The number of imidazole rings is 1. The van der Waals surface area contributed by atoms with Crippen LogP contribution in [0.25, 0.3) is 0 Å². The van der Waals surface area contributed by atoms with Gasteiger partial charge in [-0.3, -0.25) is 19.2 Å². The monoisotopic (exact) mass is 486 g/mol. The predicted octanol–water partition coefficient (Wildman–Crippen LogP) is 2.10. The number of carboxylic acids is 1. The van der Waals surface area contributed by atoms with Gasteiger partial charge in [0.15, 0.2) is 11.6 Å². The number of Topliss-reactive ketones (excluding diaryl/α,β-unsaturated/α-hetero) is 2. The van der Waals surface area contributed by atoms with Gasteiger partial charge < -0.3 is 25.5 Å². The fraction of sp³-hybridized carbons (Fsp3) is 0.417. The smallest absolute Gasteiger partial charge is 0.408 e.